The molecule has 1 aliphatic carbocycles. The second kappa shape index (κ2) is 5.23. The van der Waals surface area contributed by atoms with Crippen molar-refractivity contribution in [1.29, 1.82) is 0 Å². The Labute approximate surface area is 117 Å². The molecular weight excluding hydrogens is 258 g/mol. The topological polar surface area (TPSA) is 49.6 Å². The SMILES string of the molecule is Cc1cn2c(CNC3CCCC(O)C3)c(C)nc2s1. The van der Waals surface area contributed by atoms with Gasteiger partial charge in [0.2, 0.25) is 0 Å². The number of hydrogen-bond acceptors (Lipinski definition) is 4. The first-order valence-electron chi connectivity index (χ1n) is 6.99. The zero-order valence-corrected chi connectivity index (χ0v) is 12.3. The predicted octanol–water partition coefficient (Wildman–Crippen LogP) is 2.41. The van der Waals surface area contributed by atoms with Crippen LogP contribution in [0.3, 0.4) is 0 Å². The Kier molecular flexibility index (Phi) is 3.60. The number of rotatable bonds is 3. The van der Waals surface area contributed by atoms with Gasteiger partial charge in [-0.15, -0.1) is 11.3 Å². The van der Waals surface area contributed by atoms with E-state index in [-0.39, 0.29) is 6.10 Å². The van der Waals surface area contributed by atoms with E-state index in [4.69, 9.17) is 0 Å². The summed E-state index contributed by atoms with van der Waals surface area (Å²) >= 11 is 1.73. The number of imidazole rings is 1. The van der Waals surface area contributed by atoms with Gasteiger partial charge in [0.25, 0.3) is 0 Å². The van der Waals surface area contributed by atoms with Crippen molar-refractivity contribution in [3.8, 4) is 0 Å². The van der Waals surface area contributed by atoms with Gasteiger partial charge in [0.1, 0.15) is 0 Å². The molecule has 3 rings (SSSR count). The van der Waals surface area contributed by atoms with Gasteiger partial charge in [-0.25, -0.2) is 4.98 Å². The van der Waals surface area contributed by atoms with Crippen molar-refractivity contribution in [2.45, 2.75) is 58.2 Å². The van der Waals surface area contributed by atoms with Gasteiger partial charge in [0.05, 0.1) is 17.5 Å². The van der Waals surface area contributed by atoms with Gasteiger partial charge in [-0.3, -0.25) is 4.40 Å². The standard InChI is InChI=1S/C14H21N3OS/c1-9-8-17-13(10(2)16-14(17)19-9)7-15-11-4-3-5-12(18)6-11/h8,11-12,15,18H,3-7H2,1-2H3. The molecule has 0 radical (unpaired) electrons. The van der Waals surface area contributed by atoms with Gasteiger partial charge in [-0.1, -0.05) is 0 Å². The molecule has 19 heavy (non-hydrogen) atoms. The van der Waals surface area contributed by atoms with E-state index in [9.17, 15) is 5.11 Å². The molecule has 5 heteroatoms. The summed E-state index contributed by atoms with van der Waals surface area (Å²) in [5.41, 5.74) is 2.36. The summed E-state index contributed by atoms with van der Waals surface area (Å²) in [6.45, 7) is 5.02. The van der Waals surface area contributed by atoms with Crippen LogP contribution in [-0.2, 0) is 6.54 Å². The quantitative estimate of drug-likeness (QED) is 0.907. The van der Waals surface area contributed by atoms with Gasteiger partial charge in [0, 0.05) is 23.7 Å². The fourth-order valence-corrected chi connectivity index (χ4v) is 3.80. The lowest BCUT2D eigenvalue weighted by Crippen LogP contribution is -2.35. The molecule has 2 aromatic rings. The second-order valence-electron chi connectivity index (χ2n) is 5.54. The zero-order chi connectivity index (χ0) is 13.4. The molecule has 0 spiro atoms. The lowest BCUT2D eigenvalue weighted by atomic mass is 9.93. The lowest BCUT2D eigenvalue weighted by molar-refractivity contribution is 0.111. The number of aliphatic hydroxyl groups excluding tert-OH is 1. The van der Waals surface area contributed by atoms with Crippen molar-refractivity contribution in [2.24, 2.45) is 0 Å². The molecule has 2 N–H and O–H groups in total. The van der Waals surface area contributed by atoms with Crippen LogP contribution in [0.25, 0.3) is 4.96 Å². The molecule has 2 atom stereocenters. The monoisotopic (exact) mass is 279 g/mol. The molecule has 1 fully saturated rings. The minimum absolute atomic E-state index is 0.124. The highest BCUT2D eigenvalue weighted by atomic mass is 32.1. The first-order valence-corrected chi connectivity index (χ1v) is 7.80. The Morgan fingerprint density at radius 1 is 1.47 bits per heavy atom. The van der Waals surface area contributed by atoms with E-state index < -0.39 is 0 Å². The smallest absolute Gasteiger partial charge is 0.194 e. The minimum atomic E-state index is -0.124. The number of fused-ring (bicyclic) bond motifs is 1. The van der Waals surface area contributed by atoms with E-state index in [1.54, 1.807) is 11.3 Å². The molecule has 4 nitrogen and oxygen atoms in total. The highest BCUT2D eigenvalue weighted by molar-refractivity contribution is 7.17. The second-order valence-corrected chi connectivity index (χ2v) is 6.75. The van der Waals surface area contributed by atoms with Crippen LogP contribution in [0, 0.1) is 13.8 Å². The van der Waals surface area contributed by atoms with Crippen LogP contribution < -0.4 is 5.32 Å². The first kappa shape index (κ1) is 13.1. The van der Waals surface area contributed by atoms with Crippen LogP contribution in [0.4, 0.5) is 0 Å². The molecular formula is C14H21N3OS. The molecule has 2 aromatic heterocycles. The molecule has 0 aliphatic heterocycles. The van der Waals surface area contributed by atoms with Crippen molar-refractivity contribution in [3.05, 3.63) is 22.5 Å². The average molecular weight is 279 g/mol. The molecule has 0 saturated heterocycles. The normalized spacial score (nSPS) is 24.2. The highest BCUT2D eigenvalue weighted by Gasteiger charge is 2.20. The molecule has 2 heterocycles. The van der Waals surface area contributed by atoms with Crippen molar-refractivity contribution in [2.75, 3.05) is 0 Å². The molecule has 104 valence electrons. The third-order valence-electron chi connectivity index (χ3n) is 3.95. The molecule has 2 unspecified atom stereocenters. The summed E-state index contributed by atoms with van der Waals surface area (Å²) in [6, 6.07) is 0.438. The minimum Gasteiger partial charge on any atom is -0.393 e. The number of aliphatic hydroxyl groups is 1. The van der Waals surface area contributed by atoms with E-state index in [1.807, 2.05) is 0 Å². The summed E-state index contributed by atoms with van der Waals surface area (Å²) in [6.07, 6.45) is 6.16. The summed E-state index contributed by atoms with van der Waals surface area (Å²) in [5, 5.41) is 13.3. The van der Waals surface area contributed by atoms with E-state index in [2.05, 4.69) is 34.7 Å². The summed E-state index contributed by atoms with van der Waals surface area (Å²) in [5.74, 6) is 0. The average Bonchev–Trinajstić information content (AvgIpc) is 2.82. The Morgan fingerprint density at radius 2 is 2.32 bits per heavy atom. The fourth-order valence-electron chi connectivity index (χ4n) is 2.91. The van der Waals surface area contributed by atoms with E-state index >= 15 is 0 Å². The number of nitrogens with one attached hydrogen (secondary N) is 1. The zero-order valence-electron chi connectivity index (χ0n) is 11.5. The summed E-state index contributed by atoms with van der Waals surface area (Å²) in [7, 11) is 0. The Morgan fingerprint density at radius 3 is 3.11 bits per heavy atom. The highest BCUT2D eigenvalue weighted by Crippen LogP contribution is 2.22. The predicted molar refractivity (Wildman–Crippen MR) is 77.6 cm³/mol. The van der Waals surface area contributed by atoms with Crippen LogP contribution in [0.5, 0.6) is 0 Å². The number of aromatic nitrogens is 2. The van der Waals surface area contributed by atoms with Gasteiger partial charge in [-0.2, -0.15) is 0 Å². The molecule has 0 bridgehead atoms. The van der Waals surface area contributed by atoms with Crippen LogP contribution in [-0.4, -0.2) is 26.6 Å². The maximum Gasteiger partial charge on any atom is 0.194 e. The van der Waals surface area contributed by atoms with Crippen molar-refractivity contribution in [3.63, 3.8) is 0 Å². The fraction of sp³-hybridized carbons (Fsp3) is 0.643. The van der Waals surface area contributed by atoms with Gasteiger partial charge >= 0.3 is 0 Å². The third-order valence-corrected chi connectivity index (χ3v) is 4.84. The van der Waals surface area contributed by atoms with Crippen LogP contribution >= 0.6 is 11.3 Å². The number of thiazole rings is 1. The molecule has 0 amide bonds. The van der Waals surface area contributed by atoms with Crippen LogP contribution in [0.1, 0.15) is 41.9 Å². The summed E-state index contributed by atoms with van der Waals surface area (Å²) in [4.78, 5) is 6.97. The lowest BCUT2D eigenvalue weighted by Gasteiger charge is -2.26. The first-order chi connectivity index (χ1) is 9.13. The Hall–Kier alpha value is -0.910. The number of aryl methyl sites for hydroxylation is 2. The number of hydrogen-bond donors (Lipinski definition) is 2. The molecule has 1 aliphatic rings. The van der Waals surface area contributed by atoms with Crippen LogP contribution in [0.2, 0.25) is 0 Å². The van der Waals surface area contributed by atoms with Gasteiger partial charge in [0.15, 0.2) is 4.96 Å². The van der Waals surface area contributed by atoms with Crippen molar-refractivity contribution < 1.29 is 5.11 Å². The number of nitrogens with zero attached hydrogens (tertiary/aromatic N) is 2. The largest absolute Gasteiger partial charge is 0.393 e. The Bertz CT molecular complexity index is 575. The van der Waals surface area contributed by atoms with Gasteiger partial charge in [-0.05, 0) is 39.5 Å². The van der Waals surface area contributed by atoms with E-state index in [1.165, 1.54) is 17.0 Å². The molecule has 0 aromatic carbocycles. The summed E-state index contributed by atoms with van der Waals surface area (Å²) < 4.78 is 2.20. The van der Waals surface area contributed by atoms with E-state index in [0.717, 1.165) is 36.5 Å². The maximum absolute atomic E-state index is 9.71. The van der Waals surface area contributed by atoms with Crippen molar-refractivity contribution >= 4 is 16.3 Å². The Balaban J connectivity index is 1.72. The maximum atomic E-state index is 9.71. The van der Waals surface area contributed by atoms with E-state index in [0.29, 0.717) is 6.04 Å². The van der Waals surface area contributed by atoms with Gasteiger partial charge < -0.3 is 10.4 Å². The molecule has 1 saturated carbocycles. The van der Waals surface area contributed by atoms with Crippen molar-refractivity contribution in [1.82, 2.24) is 14.7 Å². The van der Waals surface area contributed by atoms with Crippen LogP contribution in [0.15, 0.2) is 6.20 Å². The third kappa shape index (κ3) is 2.68.